The van der Waals surface area contributed by atoms with Gasteiger partial charge in [-0.25, -0.2) is 4.39 Å². The van der Waals surface area contributed by atoms with Gasteiger partial charge in [0.2, 0.25) is 0 Å². The summed E-state index contributed by atoms with van der Waals surface area (Å²) in [5.74, 6) is -0.700. The van der Waals surface area contributed by atoms with Gasteiger partial charge < -0.3 is 5.32 Å². The second-order valence-electron chi connectivity index (χ2n) is 4.02. The average molecular weight is 360 g/mol. The summed E-state index contributed by atoms with van der Waals surface area (Å²) in [6.07, 6.45) is 0. The van der Waals surface area contributed by atoms with Crippen molar-refractivity contribution in [3.8, 4) is 0 Å². The Morgan fingerprint density at radius 3 is 2.75 bits per heavy atom. The highest BCUT2D eigenvalue weighted by Crippen LogP contribution is 2.30. The molecule has 1 N–H and O–H groups in total. The molecule has 2 aromatic carbocycles. The van der Waals surface area contributed by atoms with Crippen molar-refractivity contribution in [2.45, 2.75) is 6.54 Å². The van der Waals surface area contributed by atoms with Crippen LogP contribution in [0.4, 0.5) is 15.8 Å². The minimum absolute atomic E-state index is 0.0943. The number of halogens is 3. The Morgan fingerprint density at radius 1 is 1.35 bits per heavy atom. The summed E-state index contributed by atoms with van der Waals surface area (Å²) in [7, 11) is 0. The van der Waals surface area contributed by atoms with Gasteiger partial charge in [0.25, 0.3) is 5.69 Å². The number of anilines is 1. The quantitative estimate of drug-likeness (QED) is 0.632. The van der Waals surface area contributed by atoms with Crippen molar-refractivity contribution in [1.82, 2.24) is 0 Å². The number of benzene rings is 2. The molecule has 20 heavy (non-hydrogen) atoms. The zero-order valence-electron chi connectivity index (χ0n) is 10.1. The number of nitrogens with one attached hydrogen (secondary N) is 1. The first kappa shape index (κ1) is 14.7. The van der Waals surface area contributed by atoms with Crippen molar-refractivity contribution < 1.29 is 9.31 Å². The van der Waals surface area contributed by atoms with E-state index in [9.17, 15) is 14.5 Å². The summed E-state index contributed by atoms with van der Waals surface area (Å²) < 4.78 is 14.3. The summed E-state index contributed by atoms with van der Waals surface area (Å²) in [5, 5.41) is 13.5. The van der Waals surface area contributed by atoms with Crippen molar-refractivity contribution in [2.75, 3.05) is 5.32 Å². The number of rotatable bonds is 4. The van der Waals surface area contributed by atoms with E-state index >= 15 is 0 Å². The molecule has 0 aliphatic heterocycles. The molecule has 2 aromatic rings. The van der Waals surface area contributed by atoms with Crippen molar-refractivity contribution in [3.63, 3.8) is 0 Å². The Morgan fingerprint density at radius 2 is 2.10 bits per heavy atom. The maximum atomic E-state index is 13.4. The molecule has 0 amide bonds. The monoisotopic (exact) mass is 358 g/mol. The maximum absolute atomic E-state index is 13.4. The number of nitro groups is 1. The first-order valence-electron chi connectivity index (χ1n) is 5.59. The predicted molar refractivity (Wildman–Crippen MR) is 79.5 cm³/mol. The van der Waals surface area contributed by atoms with Crippen LogP contribution in [0, 0.1) is 15.9 Å². The Bertz CT molecular complexity index is 667. The average Bonchev–Trinajstić information content (AvgIpc) is 2.39. The van der Waals surface area contributed by atoms with Crippen molar-refractivity contribution in [3.05, 3.63) is 67.4 Å². The molecular weight excluding hydrogens is 351 g/mol. The van der Waals surface area contributed by atoms with Crippen LogP contribution in [0.5, 0.6) is 0 Å². The van der Waals surface area contributed by atoms with Gasteiger partial charge >= 0.3 is 0 Å². The van der Waals surface area contributed by atoms with Crippen LogP contribution in [0.3, 0.4) is 0 Å². The largest absolute Gasteiger partial charge is 0.375 e. The van der Waals surface area contributed by atoms with Crippen LogP contribution in [0.2, 0.25) is 5.02 Å². The lowest BCUT2D eigenvalue weighted by Gasteiger charge is -2.08. The molecule has 0 fully saturated rings. The smallest absolute Gasteiger partial charge is 0.294 e. The third-order valence-corrected chi connectivity index (χ3v) is 3.39. The topological polar surface area (TPSA) is 55.2 Å². The van der Waals surface area contributed by atoms with Crippen molar-refractivity contribution in [1.29, 1.82) is 0 Å². The molecule has 0 radical (unpaired) electrons. The fraction of sp³-hybridized carbons (Fsp3) is 0.0769. The van der Waals surface area contributed by atoms with Crippen LogP contribution in [0.1, 0.15) is 5.56 Å². The van der Waals surface area contributed by atoms with Crippen LogP contribution in [0.25, 0.3) is 0 Å². The van der Waals surface area contributed by atoms with E-state index in [0.717, 1.165) is 22.2 Å². The van der Waals surface area contributed by atoms with Crippen LogP contribution >= 0.6 is 27.5 Å². The highest BCUT2D eigenvalue weighted by atomic mass is 79.9. The van der Waals surface area contributed by atoms with E-state index in [2.05, 4.69) is 21.2 Å². The Kier molecular flexibility index (Phi) is 4.57. The van der Waals surface area contributed by atoms with E-state index in [1.165, 1.54) is 0 Å². The minimum atomic E-state index is -0.700. The summed E-state index contributed by atoms with van der Waals surface area (Å²) in [5.41, 5.74) is 0.743. The van der Waals surface area contributed by atoms with E-state index in [-0.39, 0.29) is 16.4 Å². The van der Waals surface area contributed by atoms with Crippen LogP contribution in [-0.4, -0.2) is 4.92 Å². The minimum Gasteiger partial charge on any atom is -0.375 e. The second-order valence-corrected chi connectivity index (χ2v) is 5.35. The molecule has 104 valence electrons. The number of nitrogens with zero attached hydrogens (tertiary/aromatic N) is 1. The van der Waals surface area contributed by atoms with Crippen molar-refractivity contribution >= 4 is 38.9 Å². The molecule has 0 unspecified atom stereocenters. The Hall–Kier alpha value is -1.66. The lowest BCUT2D eigenvalue weighted by molar-refractivity contribution is -0.384. The molecule has 0 aliphatic carbocycles. The molecule has 0 saturated heterocycles. The zero-order chi connectivity index (χ0) is 14.7. The molecule has 0 atom stereocenters. The Labute approximate surface area is 127 Å². The summed E-state index contributed by atoms with van der Waals surface area (Å²) in [4.78, 5) is 10.3. The van der Waals surface area contributed by atoms with E-state index in [1.54, 1.807) is 0 Å². The fourth-order valence-electron chi connectivity index (χ4n) is 1.67. The summed E-state index contributed by atoms with van der Waals surface area (Å²) in [6.45, 7) is 0.335. The molecule has 0 aromatic heterocycles. The normalized spacial score (nSPS) is 10.3. The SMILES string of the molecule is O=[N+]([O-])c1cc(Cl)c(F)cc1NCc1cccc(Br)c1. The summed E-state index contributed by atoms with van der Waals surface area (Å²) >= 11 is 8.89. The maximum Gasteiger partial charge on any atom is 0.294 e. The molecule has 4 nitrogen and oxygen atoms in total. The van der Waals surface area contributed by atoms with Gasteiger partial charge in [-0.15, -0.1) is 0 Å². The van der Waals surface area contributed by atoms with Crippen LogP contribution in [0.15, 0.2) is 40.9 Å². The first-order chi connectivity index (χ1) is 9.47. The van der Waals surface area contributed by atoms with Gasteiger partial charge in [-0.05, 0) is 17.7 Å². The number of hydrogen-bond acceptors (Lipinski definition) is 3. The highest BCUT2D eigenvalue weighted by Gasteiger charge is 2.17. The van der Waals surface area contributed by atoms with Gasteiger partial charge in [-0.2, -0.15) is 0 Å². The van der Waals surface area contributed by atoms with Gasteiger partial charge in [-0.1, -0.05) is 39.7 Å². The highest BCUT2D eigenvalue weighted by molar-refractivity contribution is 9.10. The molecular formula is C13H9BrClFN2O2. The molecule has 0 aliphatic rings. The number of nitro benzene ring substituents is 1. The van der Waals surface area contributed by atoms with E-state index in [1.807, 2.05) is 24.3 Å². The van der Waals surface area contributed by atoms with Crippen LogP contribution < -0.4 is 5.32 Å². The molecule has 2 rings (SSSR count). The van der Waals surface area contributed by atoms with Crippen LogP contribution in [-0.2, 0) is 6.54 Å². The molecule has 7 heteroatoms. The summed E-state index contributed by atoms with van der Waals surface area (Å²) in [6, 6.07) is 9.46. The standard InChI is InChI=1S/C13H9BrClFN2O2/c14-9-3-1-2-8(4-9)7-17-12-6-11(16)10(15)5-13(12)18(19)20/h1-6,17H,7H2. The predicted octanol–water partition coefficient (Wildman–Crippen LogP) is 4.76. The molecule has 0 spiro atoms. The van der Waals surface area contributed by atoms with E-state index < -0.39 is 10.7 Å². The van der Waals surface area contributed by atoms with E-state index in [4.69, 9.17) is 11.6 Å². The second kappa shape index (κ2) is 6.19. The van der Waals surface area contributed by atoms with Gasteiger partial charge in [0.05, 0.1) is 9.95 Å². The third-order valence-electron chi connectivity index (χ3n) is 2.61. The third kappa shape index (κ3) is 3.46. The molecule has 0 heterocycles. The molecule has 0 bridgehead atoms. The van der Waals surface area contributed by atoms with Gasteiger partial charge in [0.1, 0.15) is 11.5 Å². The number of hydrogen-bond donors (Lipinski definition) is 1. The zero-order valence-corrected chi connectivity index (χ0v) is 12.4. The van der Waals surface area contributed by atoms with E-state index in [0.29, 0.717) is 6.54 Å². The van der Waals surface area contributed by atoms with Gasteiger partial charge in [0, 0.05) is 23.2 Å². The lowest BCUT2D eigenvalue weighted by Crippen LogP contribution is -2.03. The van der Waals surface area contributed by atoms with Gasteiger partial charge in [0.15, 0.2) is 0 Å². The molecule has 0 saturated carbocycles. The fourth-order valence-corrected chi connectivity index (χ4v) is 2.28. The lowest BCUT2D eigenvalue weighted by atomic mass is 10.2. The first-order valence-corrected chi connectivity index (χ1v) is 6.76. The van der Waals surface area contributed by atoms with Crippen molar-refractivity contribution in [2.24, 2.45) is 0 Å². The van der Waals surface area contributed by atoms with Gasteiger partial charge in [-0.3, -0.25) is 10.1 Å². The Balaban J connectivity index is 2.24.